The van der Waals surface area contributed by atoms with E-state index in [4.69, 9.17) is 0 Å². The van der Waals surface area contributed by atoms with Gasteiger partial charge in [0.25, 0.3) is 5.91 Å². The number of benzene rings is 1. The highest BCUT2D eigenvalue weighted by Crippen LogP contribution is 2.21. The van der Waals surface area contributed by atoms with Gasteiger partial charge in [0.15, 0.2) is 0 Å². The van der Waals surface area contributed by atoms with Crippen LogP contribution >= 0.6 is 0 Å². The van der Waals surface area contributed by atoms with Crippen LogP contribution in [0, 0.1) is 24.1 Å². The van der Waals surface area contributed by atoms with Crippen LogP contribution in [0.5, 0.6) is 0 Å². The fourth-order valence-electron chi connectivity index (χ4n) is 2.42. The number of piperidine rings is 1. The maximum Gasteiger partial charge on any atom is 0.252 e. The van der Waals surface area contributed by atoms with Gasteiger partial charge in [-0.05, 0) is 50.6 Å². The van der Waals surface area contributed by atoms with Crippen LogP contribution in [0.3, 0.4) is 0 Å². The first-order valence-electron chi connectivity index (χ1n) is 6.64. The van der Waals surface area contributed by atoms with Gasteiger partial charge in [-0.15, -0.1) is 0 Å². The summed E-state index contributed by atoms with van der Waals surface area (Å²) in [6.45, 7) is 3.25. The zero-order valence-corrected chi connectivity index (χ0v) is 11.7. The van der Waals surface area contributed by atoms with Crippen LogP contribution in [0.15, 0.2) is 18.2 Å². The zero-order chi connectivity index (χ0) is 14.8. The number of amides is 1. The van der Waals surface area contributed by atoms with E-state index in [9.17, 15) is 14.4 Å². The summed E-state index contributed by atoms with van der Waals surface area (Å²) >= 11 is 0. The van der Waals surface area contributed by atoms with Crippen molar-refractivity contribution >= 4 is 5.91 Å². The molecule has 0 bridgehead atoms. The Bertz CT molecular complexity index is 536. The average molecular weight is 275 g/mol. The largest absolute Gasteiger partial charge is 0.334 e. The van der Waals surface area contributed by atoms with Crippen molar-refractivity contribution in [2.24, 2.45) is 0 Å². The lowest BCUT2D eigenvalue weighted by Gasteiger charge is -2.36. The standard InChI is InChI=1S/C15H18FN3O/c1-11-7-12(9-13(16)8-11)14(20)18-15(10-17)3-5-19(2)6-4-15/h7-9H,3-6H2,1-2H3,(H,18,20). The van der Waals surface area contributed by atoms with Gasteiger partial charge in [0.2, 0.25) is 0 Å². The van der Waals surface area contributed by atoms with E-state index < -0.39 is 17.3 Å². The topological polar surface area (TPSA) is 56.1 Å². The van der Waals surface area contributed by atoms with Crippen LogP contribution in [0.4, 0.5) is 4.39 Å². The lowest BCUT2D eigenvalue weighted by molar-refractivity contribution is 0.0881. The molecule has 0 saturated carbocycles. The molecular formula is C15H18FN3O. The van der Waals surface area contributed by atoms with Crippen molar-refractivity contribution in [2.75, 3.05) is 20.1 Å². The van der Waals surface area contributed by atoms with E-state index in [0.717, 1.165) is 13.1 Å². The van der Waals surface area contributed by atoms with Gasteiger partial charge in [-0.1, -0.05) is 0 Å². The average Bonchev–Trinajstić information content (AvgIpc) is 2.40. The van der Waals surface area contributed by atoms with Gasteiger partial charge in [-0.2, -0.15) is 5.26 Å². The Morgan fingerprint density at radius 1 is 1.40 bits per heavy atom. The predicted octanol–water partition coefficient (Wildman–Crippen LogP) is 1.85. The molecule has 0 aromatic heterocycles. The van der Waals surface area contributed by atoms with Crippen LogP contribution in [0.25, 0.3) is 0 Å². The Hall–Kier alpha value is -1.93. The summed E-state index contributed by atoms with van der Waals surface area (Å²) in [6.07, 6.45) is 1.17. The monoisotopic (exact) mass is 275 g/mol. The van der Waals surface area contributed by atoms with Gasteiger partial charge in [0, 0.05) is 18.7 Å². The number of rotatable bonds is 2. The number of nitriles is 1. The number of carbonyl (C=O) groups excluding carboxylic acids is 1. The molecule has 4 nitrogen and oxygen atoms in total. The zero-order valence-electron chi connectivity index (χ0n) is 11.7. The van der Waals surface area contributed by atoms with Crippen LogP contribution in [0.2, 0.25) is 0 Å². The Balaban J connectivity index is 2.16. The molecule has 5 heteroatoms. The molecule has 1 aromatic carbocycles. The number of nitrogens with zero attached hydrogens (tertiary/aromatic N) is 2. The van der Waals surface area contributed by atoms with Crippen molar-refractivity contribution < 1.29 is 9.18 Å². The minimum absolute atomic E-state index is 0.260. The molecule has 0 spiro atoms. The second-order valence-corrected chi connectivity index (χ2v) is 5.47. The summed E-state index contributed by atoms with van der Waals surface area (Å²) < 4.78 is 13.3. The molecule has 1 heterocycles. The van der Waals surface area contributed by atoms with E-state index >= 15 is 0 Å². The molecule has 1 aromatic rings. The normalized spacial score (nSPS) is 18.3. The number of hydrogen-bond donors (Lipinski definition) is 1. The Labute approximate surface area is 118 Å². The number of carbonyl (C=O) groups is 1. The van der Waals surface area contributed by atoms with Crippen LogP contribution in [0.1, 0.15) is 28.8 Å². The van der Waals surface area contributed by atoms with Gasteiger partial charge in [-0.3, -0.25) is 4.79 Å². The van der Waals surface area contributed by atoms with Gasteiger partial charge >= 0.3 is 0 Å². The Morgan fingerprint density at radius 3 is 2.60 bits per heavy atom. The molecule has 1 amide bonds. The van der Waals surface area contributed by atoms with E-state index in [1.165, 1.54) is 12.1 Å². The van der Waals surface area contributed by atoms with Gasteiger partial charge in [0.1, 0.15) is 11.4 Å². The predicted molar refractivity (Wildman–Crippen MR) is 73.7 cm³/mol. The molecule has 0 atom stereocenters. The molecule has 1 aliphatic heterocycles. The first-order valence-corrected chi connectivity index (χ1v) is 6.64. The summed E-state index contributed by atoms with van der Waals surface area (Å²) in [4.78, 5) is 14.3. The van der Waals surface area contributed by atoms with Gasteiger partial charge in [-0.25, -0.2) is 4.39 Å². The quantitative estimate of drug-likeness (QED) is 0.896. The van der Waals surface area contributed by atoms with E-state index in [2.05, 4.69) is 16.3 Å². The number of halogens is 1. The summed E-state index contributed by atoms with van der Waals surface area (Å²) in [5.74, 6) is -0.830. The lowest BCUT2D eigenvalue weighted by atomic mass is 9.88. The van der Waals surface area contributed by atoms with Crippen molar-refractivity contribution in [1.82, 2.24) is 10.2 Å². The maximum atomic E-state index is 13.3. The fraction of sp³-hybridized carbons (Fsp3) is 0.467. The molecule has 0 aliphatic carbocycles. The highest BCUT2D eigenvalue weighted by Gasteiger charge is 2.35. The molecular weight excluding hydrogens is 257 g/mol. The van der Waals surface area contributed by atoms with Crippen LogP contribution < -0.4 is 5.32 Å². The van der Waals surface area contributed by atoms with E-state index in [-0.39, 0.29) is 5.56 Å². The number of hydrogen-bond acceptors (Lipinski definition) is 3. The second-order valence-electron chi connectivity index (χ2n) is 5.47. The smallest absolute Gasteiger partial charge is 0.252 e. The fourth-order valence-corrected chi connectivity index (χ4v) is 2.42. The van der Waals surface area contributed by atoms with Crippen molar-refractivity contribution in [1.29, 1.82) is 5.26 Å². The summed E-state index contributed by atoms with van der Waals surface area (Å²) in [6, 6.07) is 6.40. The number of likely N-dealkylation sites (tertiary alicyclic amines) is 1. The maximum absolute atomic E-state index is 13.3. The molecule has 0 unspecified atom stereocenters. The molecule has 1 aliphatic rings. The number of nitrogens with one attached hydrogen (secondary N) is 1. The van der Waals surface area contributed by atoms with Crippen molar-refractivity contribution in [3.63, 3.8) is 0 Å². The SMILES string of the molecule is Cc1cc(F)cc(C(=O)NC2(C#N)CCN(C)CC2)c1. The Kier molecular flexibility index (Phi) is 4.05. The molecule has 1 saturated heterocycles. The molecule has 106 valence electrons. The van der Waals surface area contributed by atoms with Crippen molar-refractivity contribution in [3.05, 3.63) is 35.1 Å². The van der Waals surface area contributed by atoms with Crippen LogP contribution in [-0.4, -0.2) is 36.5 Å². The third-order valence-electron chi connectivity index (χ3n) is 3.71. The summed E-state index contributed by atoms with van der Waals surface area (Å²) in [5, 5.41) is 12.2. The van der Waals surface area contributed by atoms with E-state index in [1.54, 1.807) is 13.0 Å². The van der Waals surface area contributed by atoms with Crippen LogP contribution in [-0.2, 0) is 0 Å². The Morgan fingerprint density at radius 2 is 2.05 bits per heavy atom. The summed E-state index contributed by atoms with van der Waals surface area (Å²) in [7, 11) is 1.99. The minimum Gasteiger partial charge on any atom is -0.334 e. The highest BCUT2D eigenvalue weighted by atomic mass is 19.1. The van der Waals surface area contributed by atoms with Gasteiger partial charge < -0.3 is 10.2 Å². The molecule has 0 radical (unpaired) electrons. The third kappa shape index (κ3) is 3.14. The first-order chi connectivity index (χ1) is 9.44. The highest BCUT2D eigenvalue weighted by molar-refractivity contribution is 5.95. The van der Waals surface area contributed by atoms with Gasteiger partial charge in [0.05, 0.1) is 6.07 Å². The van der Waals surface area contributed by atoms with Crippen molar-refractivity contribution in [3.8, 4) is 6.07 Å². The summed E-state index contributed by atoms with van der Waals surface area (Å²) in [5.41, 5.74) is 0.102. The lowest BCUT2D eigenvalue weighted by Crippen LogP contribution is -2.53. The second kappa shape index (κ2) is 5.59. The minimum atomic E-state index is -0.843. The van der Waals surface area contributed by atoms with E-state index in [0.29, 0.717) is 18.4 Å². The molecule has 20 heavy (non-hydrogen) atoms. The molecule has 1 N–H and O–H groups in total. The number of aryl methyl sites for hydroxylation is 1. The molecule has 2 rings (SSSR count). The molecule has 1 fully saturated rings. The van der Waals surface area contributed by atoms with Crippen molar-refractivity contribution in [2.45, 2.75) is 25.3 Å². The van der Waals surface area contributed by atoms with E-state index in [1.807, 2.05) is 7.05 Å². The third-order valence-corrected chi connectivity index (χ3v) is 3.71. The first kappa shape index (κ1) is 14.5.